The maximum atomic E-state index is 11.5. The summed E-state index contributed by atoms with van der Waals surface area (Å²) in [5.74, 6) is 0.715. The summed E-state index contributed by atoms with van der Waals surface area (Å²) in [6.45, 7) is 5.06. The number of hydrogen-bond acceptors (Lipinski definition) is 2. The van der Waals surface area contributed by atoms with Gasteiger partial charge in [-0.2, -0.15) is 0 Å². The van der Waals surface area contributed by atoms with Gasteiger partial charge in [-0.05, 0) is 36.5 Å². The lowest BCUT2D eigenvalue weighted by Crippen LogP contribution is -2.27. The molecule has 1 amide bonds. The highest BCUT2D eigenvalue weighted by Gasteiger charge is 2.22. The third-order valence-electron chi connectivity index (χ3n) is 3.20. The first-order chi connectivity index (χ1) is 8.65. The van der Waals surface area contributed by atoms with Gasteiger partial charge in [0, 0.05) is 24.7 Å². The van der Waals surface area contributed by atoms with Gasteiger partial charge in [0.1, 0.15) is 0 Å². The predicted molar refractivity (Wildman–Crippen MR) is 74.8 cm³/mol. The zero-order valence-corrected chi connectivity index (χ0v) is 11.2. The molecule has 0 unspecified atom stereocenters. The smallest absolute Gasteiger partial charge is 0.221 e. The van der Waals surface area contributed by atoms with Crippen molar-refractivity contribution < 1.29 is 4.79 Å². The second kappa shape index (κ2) is 5.89. The maximum Gasteiger partial charge on any atom is 0.221 e. The first-order valence-electron chi connectivity index (χ1n) is 6.78. The molecule has 0 aliphatic heterocycles. The van der Waals surface area contributed by atoms with E-state index in [4.69, 9.17) is 0 Å². The molecule has 1 aromatic rings. The Hall–Kier alpha value is -1.51. The first-order valence-corrected chi connectivity index (χ1v) is 6.78. The summed E-state index contributed by atoms with van der Waals surface area (Å²) in [5.41, 5.74) is 2.42. The van der Waals surface area contributed by atoms with Crippen molar-refractivity contribution in [3.05, 3.63) is 29.8 Å². The highest BCUT2D eigenvalue weighted by atomic mass is 16.1. The predicted octanol–water partition coefficient (Wildman–Crippen LogP) is 2.89. The van der Waals surface area contributed by atoms with Gasteiger partial charge in [-0.3, -0.25) is 4.79 Å². The Kier molecular flexibility index (Phi) is 4.24. The van der Waals surface area contributed by atoms with Crippen LogP contribution in [0.25, 0.3) is 0 Å². The SMILES string of the molecule is CC(C)c1ccc(NCCC(=O)NC2CC2)cc1. The van der Waals surface area contributed by atoms with Gasteiger partial charge in [0.05, 0.1) is 0 Å². The van der Waals surface area contributed by atoms with Gasteiger partial charge in [0.25, 0.3) is 0 Å². The fourth-order valence-electron chi connectivity index (χ4n) is 1.83. The van der Waals surface area contributed by atoms with Gasteiger partial charge in [-0.15, -0.1) is 0 Å². The minimum absolute atomic E-state index is 0.156. The Morgan fingerprint density at radius 1 is 1.28 bits per heavy atom. The number of carbonyl (C=O) groups excluding carboxylic acids is 1. The molecule has 1 saturated carbocycles. The van der Waals surface area contributed by atoms with Crippen molar-refractivity contribution in [3.8, 4) is 0 Å². The second-order valence-corrected chi connectivity index (χ2v) is 5.30. The zero-order chi connectivity index (χ0) is 13.0. The zero-order valence-electron chi connectivity index (χ0n) is 11.2. The van der Waals surface area contributed by atoms with Crippen molar-refractivity contribution in [2.45, 2.75) is 45.1 Å². The van der Waals surface area contributed by atoms with Crippen LogP contribution in [0, 0.1) is 0 Å². The number of anilines is 1. The molecule has 1 aliphatic carbocycles. The lowest BCUT2D eigenvalue weighted by Gasteiger charge is -2.09. The van der Waals surface area contributed by atoms with Crippen LogP contribution in [0.3, 0.4) is 0 Å². The molecule has 3 nitrogen and oxygen atoms in total. The average molecular weight is 246 g/mol. The topological polar surface area (TPSA) is 41.1 Å². The lowest BCUT2D eigenvalue weighted by molar-refractivity contribution is -0.120. The second-order valence-electron chi connectivity index (χ2n) is 5.30. The Morgan fingerprint density at radius 2 is 1.94 bits per heavy atom. The van der Waals surface area contributed by atoms with Crippen molar-refractivity contribution in [3.63, 3.8) is 0 Å². The summed E-state index contributed by atoms with van der Waals surface area (Å²) in [6, 6.07) is 8.89. The monoisotopic (exact) mass is 246 g/mol. The van der Waals surface area contributed by atoms with Crippen LogP contribution in [0.1, 0.15) is 44.6 Å². The molecule has 0 atom stereocenters. The summed E-state index contributed by atoms with van der Waals surface area (Å²) < 4.78 is 0. The molecule has 1 aromatic carbocycles. The first kappa shape index (κ1) is 12.9. The number of carbonyl (C=O) groups is 1. The molecule has 1 aliphatic rings. The van der Waals surface area contributed by atoms with Crippen molar-refractivity contribution in [1.82, 2.24) is 5.32 Å². The molecule has 18 heavy (non-hydrogen) atoms. The van der Waals surface area contributed by atoms with Gasteiger partial charge in [0.2, 0.25) is 5.91 Å². The fourth-order valence-corrected chi connectivity index (χ4v) is 1.83. The third kappa shape index (κ3) is 4.06. The summed E-state index contributed by atoms with van der Waals surface area (Å²) in [6.07, 6.45) is 2.84. The van der Waals surface area contributed by atoms with Gasteiger partial charge in [0.15, 0.2) is 0 Å². The van der Waals surface area contributed by atoms with Gasteiger partial charge in [-0.25, -0.2) is 0 Å². The minimum Gasteiger partial charge on any atom is -0.385 e. The van der Waals surface area contributed by atoms with Gasteiger partial charge < -0.3 is 10.6 Å². The lowest BCUT2D eigenvalue weighted by atomic mass is 10.0. The van der Waals surface area contributed by atoms with Crippen LogP contribution in [0.4, 0.5) is 5.69 Å². The van der Waals surface area contributed by atoms with E-state index in [-0.39, 0.29) is 5.91 Å². The van der Waals surface area contributed by atoms with E-state index in [2.05, 4.69) is 48.7 Å². The van der Waals surface area contributed by atoms with Crippen molar-refractivity contribution in [2.24, 2.45) is 0 Å². The Balaban J connectivity index is 1.70. The largest absolute Gasteiger partial charge is 0.385 e. The standard InChI is InChI=1S/C15H22N2O/c1-11(2)12-3-5-13(6-4-12)16-10-9-15(18)17-14-7-8-14/h3-6,11,14,16H,7-10H2,1-2H3,(H,17,18). The molecule has 3 heteroatoms. The number of amides is 1. The van der Waals surface area contributed by atoms with E-state index in [0.29, 0.717) is 24.9 Å². The van der Waals surface area contributed by atoms with Crippen LogP contribution in [-0.4, -0.2) is 18.5 Å². The fraction of sp³-hybridized carbons (Fsp3) is 0.533. The van der Waals surface area contributed by atoms with E-state index in [1.54, 1.807) is 0 Å². The summed E-state index contributed by atoms with van der Waals surface area (Å²) >= 11 is 0. The summed E-state index contributed by atoms with van der Waals surface area (Å²) in [7, 11) is 0. The molecular formula is C15H22N2O. The van der Waals surface area contributed by atoms with Gasteiger partial charge in [-0.1, -0.05) is 26.0 Å². The molecule has 98 valence electrons. The van der Waals surface area contributed by atoms with Gasteiger partial charge >= 0.3 is 0 Å². The number of rotatable bonds is 6. The molecule has 2 N–H and O–H groups in total. The Bertz CT molecular complexity index is 393. The molecule has 2 rings (SSSR count). The molecule has 0 bridgehead atoms. The quantitative estimate of drug-likeness (QED) is 0.810. The minimum atomic E-state index is 0.156. The van der Waals surface area contributed by atoms with E-state index in [1.165, 1.54) is 5.56 Å². The van der Waals surface area contributed by atoms with Crippen LogP contribution < -0.4 is 10.6 Å². The Labute approximate surface area is 109 Å². The van der Waals surface area contributed by atoms with Crippen LogP contribution in [0.5, 0.6) is 0 Å². The van der Waals surface area contributed by atoms with Crippen LogP contribution in [0.15, 0.2) is 24.3 Å². The van der Waals surface area contributed by atoms with Crippen molar-refractivity contribution in [2.75, 3.05) is 11.9 Å². The number of hydrogen-bond donors (Lipinski definition) is 2. The molecule has 0 spiro atoms. The molecule has 0 heterocycles. The van der Waals surface area contributed by atoms with E-state index in [9.17, 15) is 4.79 Å². The molecule has 0 aromatic heterocycles. The maximum absolute atomic E-state index is 11.5. The highest BCUT2D eigenvalue weighted by Crippen LogP contribution is 2.19. The van der Waals surface area contributed by atoms with Crippen LogP contribution in [0.2, 0.25) is 0 Å². The molecular weight excluding hydrogens is 224 g/mol. The summed E-state index contributed by atoms with van der Waals surface area (Å²) in [4.78, 5) is 11.5. The van der Waals surface area contributed by atoms with Crippen molar-refractivity contribution >= 4 is 11.6 Å². The Morgan fingerprint density at radius 3 is 2.50 bits per heavy atom. The normalized spacial score (nSPS) is 14.6. The van der Waals surface area contributed by atoms with E-state index < -0.39 is 0 Å². The molecule has 0 radical (unpaired) electrons. The average Bonchev–Trinajstić information content (AvgIpc) is 3.13. The molecule has 1 fully saturated rings. The number of nitrogens with one attached hydrogen (secondary N) is 2. The third-order valence-corrected chi connectivity index (χ3v) is 3.20. The van der Waals surface area contributed by atoms with E-state index >= 15 is 0 Å². The van der Waals surface area contributed by atoms with E-state index in [1.807, 2.05) is 0 Å². The highest BCUT2D eigenvalue weighted by molar-refractivity contribution is 5.77. The number of benzene rings is 1. The van der Waals surface area contributed by atoms with Crippen molar-refractivity contribution in [1.29, 1.82) is 0 Å². The summed E-state index contributed by atoms with van der Waals surface area (Å²) in [5, 5.41) is 6.26. The van der Waals surface area contributed by atoms with Crippen LogP contribution >= 0.6 is 0 Å². The van der Waals surface area contributed by atoms with E-state index in [0.717, 1.165) is 18.5 Å². The van der Waals surface area contributed by atoms with Crippen LogP contribution in [-0.2, 0) is 4.79 Å². The molecule has 0 saturated heterocycles.